The molecule has 0 saturated carbocycles. The molecule has 3 heteroatoms. The maximum absolute atomic E-state index is 10.3. The van der Waals surface area contributed by atoms with Crippen molar-refractivity contribution in [1.29, 1.82) is 0 Å². The molecule has 1 N–H and O–H groups in total. The zero-order valence-electron chi connectivity index (χ0n) is 7.54. The topological polar surface area (TPSA) is 43.4 Å². The van der Waals surface area contributed by atoms with Crippen LogP contribution < -0.4 is 0 Å². The van der Waals surface area contributed by atoms with Gasteiger partial charge in [0.25, 0.3) is 0 Å². The smallest absolute Gasteiger partial charge is 0.109 e. The van der Waals surface area contributed by atoms with Gasteiger partial charge in [-0.1, -0.05) is 12.8 Å². The molecule has 1 heterocycles. The van der Waals surface area contributed by atoms with Crippen LogP contribution in [0.15, 0.2) is 0 Å². The van der Waals surface area contributed by atoms with E-state index in [9.17, 15) is 5.11 Å². The van der Waals surface area contributed by atoms with Crippen molar-refractivity contribution in [3.05, 3.63) is 0 Å². The maximum Gasteiger partial charge on any atom is 0.109 e. The van der Waals surface area contributed by atoms with Crippen molar-refractivity contribution in [2.75, 3.05) is 26.2 Å². The molecule has 0 aromatic carbocycles. The van der Waals surface area contributed by atoms with Crippen LogP contribution >= 0.6 is 0 Å². The van der Waals surface area contributed by atoms with E-state index in [1.807, 2.05) is 0 Å². The molecule has 1 atom stereocenters. The van der Waals surface area contributed by atoms with Gasteiger partial charge >= 0.3 is 0 Å². The minimum absolute atomic E-state index is 0.365. The Hall–Kier alpha value is -0.120. The molecular weight excluding hydrogens is 154 g/mol. The molecule has 1 saturated heterocycles. The fourth-order valence-corrected chi connectivity index (χ4v) is 1.67. The molecule has 1 aliphatic heterocycles. The molecule has 12 heavy (non-hydrogen) atoms. The molecule has 1 aliphatic rings. The highest BCUT2D eigenvalue weighted by Gasteiger charge is 2.12. The van der Waals surface area contributed by atoms with Gasteiger partial charge in [-0.3, -0.25) is 0 Å². The van der Waals surface area contributed by atoms with Gasteiger partial charge in [0.05, 0.1) is 6.10 Å². The van der Waals surface area contributed by atoms with Crippen LogP contribution in [0, 0.1) is 0 Å². The standard InChI is InChI=1S/C9H18NO2/c11-8-9(12)7-10-5-3-1-2-4-6-10/h9,12H,1-8H2. The Morgan fingerprint density at radius 1 is 1.17 bits per heavy atom. The van der Waals surface area contributed by atoms with Crippen molar-refractivity contribution >= 4 is 0 Å². The Morgan fingerprint density at radius 3 is 2.25 bits per heavy atom. The molecule has 0 bridgehead atoms. The number of β-amino-alcohol motifs (C(OH)–C–C–N with tert-alkyl or cyclic N) is 1. The van der Waals surface area contributed by atoms with Crippen molar-refractivity contribution < 1.29 is 10.2 Å². The van der Waals surface area contributed by atoms with Crippen molar-refractivity contribution in [3.63, 3.8) is 0 Å². The van der Waals surface area contributed by atoms with E-state index in [0.29, 0.717) is 6.54 Å². The number of aliphatic hydroxyl groups is 1. The molecule has 1 fully saturated rings. The average Bonchev–Trinajstić information content (AvgIpc) is 2.33. The van der Waals surface area contributed by atoms with Crippen LogP contribution in [0.25, 0.3) is 0 Å². The first kappa shape index (κ1) is 9.96. The third-order valence-electron chi connectivity index (χ3n) is 2.36. The summed E-state index contributed by atoms with van der Waals surface area (Å²) in [6.07, 6.45) is 4.36. The highest BCUT2D eigenvalue weighted by molar-refractivity contribution is 4.66. The van der Waals surface area contributed by atoms with E-state index in [2.05, 4.69) is 4.90 Å². The van der Waals surface area contributed by atoms with E-state index in [0.717, 1.165) is 13.1 Å². The summed E-state index contributed by atoms with van der Waals surface area (Å²) in [5.41, 5.74) is 0. The van der Waals surface area contributed by atoms with E-state index in [1.54, 1.807) is 0 Å². The fourth-order valence-electron chi connectivity index (χ4n) is 1.67. The molecule has 3 nitrogen and oxygen atoms in total. The predicted molar refractivity (Wildman–Crippen MR) is 46.5 cm³/mol. The number of rotatable bonds is 3. The molecule has 1 radical (unpaired) electrons. The highest BCUT2D eigenvalue weighted by Crippen LogP contribution is 2.09. The van der Waals surface area contributed by atoms with Crippen LogP contribution in [0.5, 0.6) is 0 Å². The van der Waals surface area contributed by atoms with Crippen LogP contribution in [-0.4, -0.2) is 42.4 Å². The van der Waals surface area contributed by atoms with Crippen molar-refractivity contribution in [3.8, 4) is 0 Å². The van der Waals surface area contributed by atoms with Gasteiger partial charge in [0.15, 0.2) is 0 Å². The predicted octanol–water partition coefficient (Wildman–Crippen LogP) is 0.654. The summed E-state index contributed by atoms with van der Waals surface area (Å²) in [7, 11) is 0. The van der Waals surface area contributed by atoms with Crippen LogP contribution in [0.3, 0.4) is 0 Å². The van der Waals surface area contributed by atoms with E-state index < -0.39 is 6.10 Å². The molecule has 0 spiro atoms. The first-order valence-corrected chi connectivity index (χ1v) is 4.81. The summed E-state index contributed by atoms with van der Waals surface area (Å²) in [4.78, 5) is 2.20. The quantitative estimate of drug-likeness (QED) is 0.679. The van der Waals surface area contributed by atoms with E-state index in [1.165, 1.54) is 25.7 Å². The first-order valence-electron chi connectivity index (χ1n) is 4.81. The number of hydrogen-bond donors (Lipinski definition) is 1. The molecule has 0 aromatic rings. The lowest BCUT2D eigenvalue weighted by Crippen LogP contribution is -2.34. The van der Waals surface area contributed by atoms with Crippen molar-refractivity contribution in [1.82, 2.24) is 4.90 Å². The second-order valence-corrected chi connectivity index (χ2v) is 3.54. The van der Waals surface area contributed by atoms with Gasteiger partial charge in [0.2, 0.25) is 0 Å². The van der Waals surface area contributed by atoms with Gasteiger partial charge in [-0.05, 0) is 25.9 Å². The van der Waals surface area contributed by atoms with Gasteiger partial charge in [-0.15, -0.1) is 0 Å². The molecule has 0 aliphatic carbocycles. The molecule has 0 aromatic heterocycles. The molecule has 0 amide bonds. The van der Waals surface area contributed by atoms with Crippen LogP contribution in [0.2, 0.25) is 0 Å². The van der Waals surface area contributed by atoms with Gasteiger partial charge in [0.1, 0.15) is 6.61 Å². The molecular formula is C9H18NO2. The van der Waals surface area contributed by atoms with Gasteiger partial charge in [0, 0.05) is 6.54 Å². The minimum atomic E-state index is -0.664. The van der Waals surface area contributed by atoms with Crippen molar-refractivity contribution in [2.24, 2.45) is 0 Å². The Bertz CT molecular complexity index is 111. The number of hydrogen-bond acceptors (Lipinski definition) is 2. The van der Waals surface area contributed by atoms with Gasteiger partial charge in [-0.2, -0.15) is 0 Å². The van der Waals surface area contributed by atoms with E-state index in [4.69, 9.17) is 5.11 Å². The molecule has 1 rings (SSSR count). The van der Waals surface area contributed by atoms with Crippen LogP contribution in [0.4, 0.5) is 0 Å². The lowest BCUT2D eigenvalue weighted by molar-refractivity contribution is 0.0304. The normalized spacial score (nSPS) is 23.5. The third kappa shape index (κ3) is 3.52. The number of aliphatic hydroxyl groups excluding tert-OH is 1. The second-order valence-electron chi connectivity index (χ2n) is 3.54. The van der Waals surface area contributed by atoms with E-state index in [-0.39, 0.29) is 6.61 Å². The maximum atomic E-state index is 10.3. The number of likely N-dealkylation sites (tertiary alicyclic amines) is 1. The zero-order chi connectivity index (χ0) is 8.81. The number of nitrogens with zero attached hydrogens (tertiary/aromatic N) is 1. The average molecular weight is 172 g/mol. The Morgan fingerprint density at radius 2 is 1.75 bits per heavy atom. The minimum Gasteiger partial charge on any atom is -0.389 e. The van der Waals surface area contributed by atoms with Crippen LogP contribution in [-0.2, 0) is 5.11 Å². The summed E-state index contributed by atoms with van der Waals surface area (Å²) in [5.74, 6) is 0. The summed E-state index contributed by atoms with van der Waals surface area (Å²) >= 11 is 0. The zero-order valence-corrected chi connectivity index (χ0v) is 7.54. The summed E-state index contributed by atoms with van der Waals surface area (Å²) in [5, 5.41) is 19.5. The van der Waals surface area contributed by atoms with Gasteiger partial charge < -0.3 is 10.0 Å². The summed E-state index contributed by atoms with van der Waals surface area (Å²) < 4.78 is 0. The summed E-state index contributed by atoms with van der Waals surface area (Å²) in [6.45, 7) is 2.31. The van der Waals surface area contributed by atoms with Gasteiger partial charge in [-0.25, -0.2) is 5.11 Å². The second kappa shape index (κ2) is 5.51. The van der Waals surface area contributed by atoms with Crippen molar-refractivity contribution in [2.45, 2.75) is 31.8 Å². The van der Waals surface area contributed by atoms with E-state index >= 15 is 0 Å². The Labute approximate surface area is 74.0 Å². The molecule has 1 unspecified atom stereocenters. The lowest BCUT2D eigenvalue weighted by atomic mass is 10.2. The third-order valence-corrected chi connectivity index (χ3v) is 2.36. The largest absolute Gasteiger partial charge is 0.389 e. The monoisotopic (exact) mass is 172 g/mol. The molecule has 71 valence electrons. The van der Waals surface area contributed by atoms with Crippen LogP contribution in [0.1, 0.15) is 25.7 Å². The highest BCUT2D eigenvalue weighted by atomic mass is 16.3. The Balaban J connectivity index is 2.20. The lowest BCUT2D eigenvalue weighted by Gasteiger charge is -2.21. The summed E-state index contributed by atoms with van der Waals surface area (Å²) in [6, 6.07) is 0. The first-order chi connectivity index (χ1) is 5.83. The Kier molecular flexibility index (Phi) is 4.58. The SMILES string of the molecule is [O]CC(O)CN1CCCCCC1. The fraction of sp³-hybridized carbons (Fsp3) is 1.00.